The van der Waals surface area contributed by atoms with Gasteiger partial charge in [-0.25, -0.2) is 9.59 Å². The number of nitro benzene ring substituents is 2. The van der Waals surface area contributed by atoms with Crippen LogP contribution in [-0.4, -0.2) is 49.8 Å². The van der Waals surface area contributed by atoms with Crippen LogP contribution in [0.5, 0.6) is 0 Å². The molecule has 4 rings (SSSR count). The van der Waals surface area contributed by atoms with Gasteiger partial charge in [-0.3, -0.25) is 20.2 Å². The molecule has 0 amide bonds. The Balaban J connectivity index is 0.000000371. The van der Waals surface area contributed by atoms with E-state index in [1.165, 1.54) is 62.6 Å². The maximum atomic E-state index is 11.6. The van der Waals surface area contributed by atoms with Crippen LogP contribution in [0, 0.1) is 34.1 Å². The molecule has 4 aromatic rings. The van der Waals surface area contributed by atoms with Gasteiger partial charge in [0.05, 0.1) is 28.3 Å². The van der Waals surface area contributed by atoms with Crippen molar-refractivity contribution in [1.82, 2.24) is 10.3 Å². The third-order valence-electron chi connectivity index (χ3n) is 5.01. The Kier molecular flexibility index (Phi) is 11.2. The summed E-state index contributed by atoms with van der Waals surface area (Å²) in [5.41, 5.74) is 1.67. The summed E-state index contributed by atoms with van der Waals surface area (Å²) in [7, 11) is 1.26. The van der Waals surface area contributed by atoms with Gasteiger partial charge in [-0.15, -0.1) is 0 Å². The maximum Gasteiger partial charge on any atom is 1.00 e. The molecule has 0 atom stereocenters. The van der Waals surface area contributed by atoms with Gasteiger partial charge in [-0.2, -0.15) is 0 Å². The average Bonchev–Trinajstić information content (AvgIpc) is 3.46. The second kappa shape index (κ2) is 13.6. The summed E-state index contributed by atoms with van der Waals surface area (Å²) >= 11 is 0. The first-order valence-corrected chi connectivity index (χ1v) is 10.3. The molecule has 0 bridgehead atoms. The number of methoxy groups -OCH3 is 1. The minimum absolute atomic E-state index is 0. The fourth-order valence-corrected chi connectivity index (χ4v) is 3.20. The van der Waals surface area contributed by atoms with Crippen LogP contribution in [0.1, 0.15) is 32.1 Å². The molecule has 0 fully saturated rings. The number of nitrogens with zero attached hydrogens (tertiary/aromatic N) is 4. The molecule has 0 saturated carbocycles. The molecule has 39 heavy (non-hydrogen) atoms. The molecule has 0 aliphatic rings. The predicted octanol–water partition coefficient (Wildman–Crippen LogP) is 1.43. The standard InChI is InChI=1S/C12H10N2O5.C11H8N2O5.Li.H2O/c1-7-10(12(15)18-2)11(19-13-7)8-3-5-9(6-4-8)14(16)17;1-6-9(11(14)15)10(18-12-6)7-2-4-8(5-3-7)13(16)17;;/h3-6H,1-2H3;2-5H,1H3,(H,14,15);;1H2/q;;+1;/p-1. The Bertz CT molecular complexity index is 1480. The molecule has 2 heterocycles. The van der Waals surface area contributed by atoms with E-state index in [4.69, 9.17) is 14.2 Å². The summed E-state index contributed by atoms with van der Waals surface area (Å²) in [6.45, 7) is 3.13. The number of non-ortho nitro benzene ring substituents is 2. The molecule has 0 aliphatic carbocycles. The Labute approximate surface area is 231 Å². The topological polar surface area (TPSA) is 232 Å². The van der Waals surface area contributed by atoms with Gasteiger partial charge in [-0.05, 0) is 38.1 Å². The number of esters is 1. The Morgan fingerprint density at radius 2 is 1.15 bits per heavy atom. The molecular formula is C23H19LiN4O11. The normalized spacial score (nSPS) is 9.72. The van der Waals surface area contributed by atoms with Crippen LogP contribution in [0.15, 0.2) is 57.6 Å². The van der Waals surface area contributed by atoms with Crippen LogP contribution in [-0.2, 0) is 4.74 Å². The smallest absolute Gasteiger partial charge is 0.870 e. The van der Waals surface area contributed by atoms with Crippen LogP contribution < -0.4 is 18.9 Å². The van der Waals surface area contributed by atoms with Gasteiger partial charge in [-0.1, -0.05) is 10.3 Å². The van der Waals surface area contributed by atoms with E-state index in [9.17, 15) is 29.8 Å². The minimum atomic E-state index is -1.15. The quantitative estimate of drug-likeness (QED) is 0.160. The molecule has 0 spiro atoms. The number of hydrogen-bond donors (Lipinski definition) is 1. The molecule has 16 heteroatoms. The summed E-state index contributed by atoms with van der Waals surface area (Å²) in [5.74, 6) is -1.39. The molecule has 2 aromatic carbocycles. The van der Waals surface area contributed by atoms with Crippen molar-refractivity contribution in [2.45, 2.75) is 13.8 Å². The summed E-state index contributed by atoms with van der Waals surface area (Å²) < 4.78 is 14.7. The maximum absolute atomic E-state index is 11.6. The van der Waals surface area contributed by atoms with Crippen molar-refractivity contribution in [1.29, 1.82) is 0 Å². The van der Waals surface area contributed by atoms with Crippen LogP contribution in [0.25, 0.3) is 22.6 Å². The van der Waals surface area contributed by atoms with Gasteiger partial charge in [0.25, 0.3) is 11.4 Å². The van der Waals surface area contributed by atoms with E-state index in [1.54, 1.807) is 6.92 Å². The number of carbonyl (C=O) groups excluding carboxylic acids is 1. The van der Waals surface area contributed by atoms with Gasteiger partial charge >= 0.3 is 30.8 Å². The molecule has 0 aliphatic heterocycles. The van der Waals surface area contributed by atoms with Crippen molar-refractivity contribution >= 4 is 23.3 Å². The van der Waals surface area contributed by atoms with Gasteiger partial charge in [0.1, 0.15) is 11.1 Å². The summed E-state index contributed by atoms with van der Waals surface area (Å²) in [6.07, 6.45) is 0. The van der Waals surface area contributed by atoms with E-state index in [1.807, 2.05) is 0 Å². The number of rotatable bonds is 6. The number of ether oxygens (including phenoxy) is 1. The largest absolute Gasteiger partial charge is 1.00 e. The summed E-state index contributed by atoms with van der Waals surface area (Å²) in [6, 6.07) is 11.0. The van der Waals surface area contributed by atoms with Gasteiger partial charge in [0.15, 0.2) is 11.5 Å². The van der Waals surface area contributed by atoms with Gasteiger partial charge < -0.3 is 24.4 Å². The molecular weight excluding hydrogens is 515 g/mol. The van der Waals surface area contributed by atoms with Crippen LogP contribution in [0.2, 0.25) is 0 Å². The minimum Gasteiger partial charge on any atom is -0.870 e. The SMILES string of the molecule is COC(=O)c1c(C)noc1-c1ccc([N+](=O)[O-])cc1.Cc1noc(-c2ccc([N+](=O)[O-])cc2)c1C(=O)O.[Li+].[OH-]. The molecule has 15 nitrogen and oxygen atoms in total. The van der Waals surface area contributed by atoms with Crippen molar-refractivity contribution < 1.29 is 62.7 Å². The van der Waals surface area contributed by atoms with Crippen LogP contribution in [0.4, 0.5) is 11.4 Å². The number of hydrogen-bond acceptors (Lipinski definition) is 12. The van der Waals surface area contributed by atoms with E-state index >= 15 is 0 Å². The third-order valence-corrected chi connectivity index (χ3v) is 5.01. The average molecular weight is 534 g/mol. The predicted molar refractivity (Wildman–Crippen MR) is 127 cm³/mol. The Hall–Kier alpha value is -4.84. The van der Waals surface area contributed by atoms with Crippen molar-refractivity contribution in [2.24, 2.45) is 0 Å². The number of aromatic nitrogens is 2. The molecule has 0 radical (unpaired) electrons. The van der Waals surface area contributed by atoms with Crippen molar-refractivity contribution in [2.75, 3.05) is 7.11 Å². The zero-order valence-corrected chi connectivity index (χ0v) is 21.0. The monoisotopic (exact) mass is 534 g/mol. The fraction of sp³-hybridized carbons (Fsp3) is 0.130. The third kappa shape index (κ3) is 7.14. The first-order valence-electron chi connectivity index (χ1n) is 10.3. The Morgan fingerprint density at radius 1 is 0.795 bits per heavy atom. The number of benzene rings is 2. The number of nitro groups is 2. The van der Waals surface area contributed by atoms with Crippen LogP contribution in [0.3, 0.4) is 0 Å². The second-order valence-electron chi connectivity index (χ2n) is 7.35. The molecule has 198 valence electrons. The van der Waals surface area contributed by atoms with Crippen molar-refractivity contribution in [3.8, 4) is 22.6 Å². The van der Waals surface area contributed by atoms with E-state index in [-0.39, 0.29) is 64.1 Å². The van der Waals surface area contributed by atoms with Crippen molar-refractivity contribution in [3.05, 3.63) is 91.3 Å². The second-order valence-corrected chi connectivity index (χ2v) is 7.35. The van der Waals surface area contributed by atoms with E-state index < -0.39 is 21.8 Å². The Morgan fingerprint density at radius 3 is 1.49 bits per heavy atom. The molecule has 2 aromatic heterocycles. The zero-order chi connectivity index (χ0) is 27.3. The number of aryl methyl sites for hydroxylation is 2. The molecule has 0 saturated heterocycles. The van der Waals surface area contributed by atoms with Crippen molar-refractivity contribution in [3.63, 3.8) is 0 Å². The number of carboxylic acid groups (broad SMARTS) is 1. The summed E-state index contributed by atoms with van der Waals surface area (Å²) in [4.78, 5) is 42.7. The van der Waals surface area contributed by atoms with E-state index in [0.29, 0.717) is 16.8 Å². The first kappa shape index (κ1) is 32.2. The number of carboxylic acids is 1. The zero-order valence-electron chi connectivity index (χ0n) is 21.0. The van der Waals surface area contributed by atoms with Gasteiger partial charge in [0, 0.05) is 35.4 Å². The van der Waals surface area contributed by atoms with Crippen LogP contribution >= 0.6 is 0 Å². The number of carbonyl (C=O) groups is 2. The summed E-state index contributed by atoms with van der Waals surface area (Å²) in [5, 5.41) is 37.4. The number of aromatic carboxylic acids is 1. The first-order chi connectivity index (χ1) is 17.5. The molecule has 0 unspecified atom stereocenters. The fourth-order valence-electron chi connectivity index (χ4n) is 3.20. The molecule has 2 N–H and O–H groups in total. The van der Waals surface area contributed by atoms with E-state index in [0.717, 1.165) is 0 Å². The van der Waals surface area contributed by atoms with Gasteiger partial charge in [0.2, 0.25) is 0 Å². The van der Waals surface area contributed by atoms with E-state index in [2.05, 4.69) is 15.1 Å².